The third-order valence-corrected chi connectivity index (χ3v) is 4.38. The average Bonchev–Trinajstić information content (AvgIpc) is 2.96. The number of nitriles is 1. The Kier molecular flexibility index (Phi) is 5.88. The molecule has 7 heteroatoms. The summed E-state index contributed by atoms with van der Waals surface area (Å²) in [5, 5.41) is 11.7. The van der Waals surface area contributed by atoms with Crippen LogP contribution < -0.4 is 5.32 Å². The zero-order valence-electron chi connectivity index (χ0n) is 14.3. The van der Waals surface area contributed by atoms with Gasteiger partial charge in [-0.3, -0.25) is 14.5 Å². The molecule has 1 aromatic heterocycles. The summed E-state index contributed by atoms with van der Waals surface area (Å²) in [6.45, 7) is 5.94. The maximum Gasteiger partial charge on any atom is 0.253 e. The van der Waals surface area contributed by atoms with Crippen LogP contribution in [-0.2, 0) is 4.79 Å². The molecule has 0 radical (unpaired) electrons. The summed E-state index contributed by atoms with van der Waals surface area (Å²) in [5.74, 6) is -0.124. The predicted octanol–water partition coefficient (Wildman–Crippen LogP) is 0.624. The van der Waals surface area contributed by atoms with Gasteiger partial charge in [-0.1, -0.05) is 0 Å². The van der Waals surface area contributed by atoms with Crippen LogP contribution in [0.2, 0.25) is 0 Å². The highest BCUT2D eigenvalue weighted by molar-refractivity contribution is 5.94. The number of hydrogen-bond acceptors (Lipinski definition) is 5. The van der Waals surface area contributed by atoms with E-state index >= 15 is 0 Å². The molecule has 1 N–H and O–H groups in total. The molecule has 0 spiro atoms. The molecule has 0 aromatic carbocycles. The Hall–Kier alpha value is -2.46. The fourth-order valence-corrected chi connectivity index (χ4v) is 3.00. The van der Waals surface area contributed by atoms with Gasteiger partial charge in [0.05, 0.1) is 11.6 Å². The largest absolute Gasteiger partial charge is 0.348 e. The van der Waals surface area contributed by atoms with Crippen molar-refractivity contribution in [1.29, 1.82) is 5.26 Å². The fraction of sp³-hybridized carbons (Fsp3) is 0.529. The van der Waals surface area contributed by atoms with E-state index in [1.54, 1.807) is 6.07 Å². The quantitative estimate of drug-likeness (QED) is 0.855. The van der Waals surface area contributed by atoms with Gasteiger partial charge in [-0.15, -0.1) is 0 Å². The van der Waals surface area contributed by atoms with Gasteiger partial charge >= 0.3 is 0 Å². The van der Waals surface area contributed by atoms with Gasteiger partial charge in [-0.05, 0) is 39.4 Å². The number of carbonyl (C=O) groups excluding carboxylic acids is 2. The lowest BCUT2D eigenvalue weighted by atomic mass is 10.1. The molecule has 1 aromatic rings. The maximum absolute atomic E-state index is 12.5. The molecule has 1 aliphatic rings. The number of aromatic nitrogens is 1. The normalized spacial score (nSPS) is 20.4. The molecule has 0 aliphatic carbocycles. The minimum absolute atomic E-state index is 0.0809. The molecule has 24 heavy (non-hydrogen) atoms. The molecule has 1 saturated heterocycles. The number of rotatable bonds is 5. The fourth-order valence-electron chi connectivity index (χ4n) is 3.00. The van der Waals surface area contributed by atoms with Gasteiger partial charge in [0.2, 0.25) is 5.91 Å². The SMILES string of the molecule is CCN(CC)C(=O)[C@@H]1C[C@@H](NC(=O)c2ccc(C#N)nc2)CN1C. The Bertz CT molecular complexity index is 633. The van der Waals surface area contributed by atoms with E-state index in [-0.39, 0.29) is 29.6 Å². The predicted molar refractivity (Wildman–Crippen MR) is 89.2 cm³/mol. The molecule has 2 heterocycles. The van der Waals surface area contributed by atoms with Crippen LogP contribution in [0.5, 0.6) is 0 Å². The van der Waals surface area contributed by atoms with Crippen molar-refractivity contribution in [3.05, 3.63) is 29.6 Å². The summed E-state index contributed by atoms with van der Waals surface area (Å²) in [5.41, 5.74) is 0.687. The highest BCUT2D eigenvalue weighted by atomic mass is 16.2. The highest BCUT2D eigenvalue weighted by Crippen LogP contribution is 2.18. The van der Waals surface area contributed by atoms with E-state index in [1.165, 1.54) is 12.3 Å². The molecule has 2 rings (SSSR count). The molecule has 0 bridgehead atoms. The highest BCUT2D eigenvalue weighted by Gasteiger charge is 2.36. The number of carbonyl (C=O) groups is 2. The van der Waals surface area contributed by atoms with Gasteiger partial charge in [-0.25, -0.2) is 4.98 Å². The van der Waals surface area contributed by atoms with Gasteiger partial charge in [0.15, 0.2) is 0 Å². The smallest absolute Gasteiger partial charge is 0.253 e. The Morgan fingerprint density at radius 3 is 2.67 bits per heavy atom. The van der Waals surface area contributed by atoms with E-state index in [0.717, 1.165) is 0 Å². The summed E-state index contributed by atoms with van der Waals surface area (Å²) in [6.07, 6.45) is 1.99. The zero-order valence-corrected chi connectivity index (χ0v) is 14.3. The van der Waals surface area contributed by atoms with E-state index in [9.17, 15) is 9.59 Å². The van der Waals surface area contributed by atoms with Crippen LogP contribution in [0, 0.1) is 11.3 Å². The second kappa shape index (κ2) is 7.88. The van der Waals surface area contributed by atoms with E-state index in [0.29, 0.717) is 31.6 Å². The molecule has 2 atom stereocenters. The first-order valence-corrected chi connectivity index (χ1v) is 8.16. The molecule has 0 unspecified atom stereocenters. The van der Waals surface area contributed by atoms with E-state index in [1.807, 2.05) is 36.8 Å². The van der Waals surface area contributed by atoms with Crippen molar-refractivity contribution < 1.29 is 9.59 Å². The number of likely N-dealkylation sites (tertiary alicyclic amines) is 1. The summed E-state index contributed by atoms with van der Waals surface area (Å²) < 4.78 is 0. The van der Waals surface area contributed by atoms with Crippen LogP contribution in [0.1, 0.15) is 36.3 Å². The van der Waals surface area contributed by atoms with Crippen LogP contribution in [-0.4, -0.2) is 65.4 Å². The van der Waals surface area contributed by atoms with Gasteiger partial charge in [0.1, 0.15) is 11.8 Å². The Morgan fingerprint density at radius 2 is 2.12 bits per heavy atom. The lowest BCUT2D eigenvalue weighted by Gasteiger charge is -2.26. The monoisotopic (exact) mass is 329 g/mol. The molecular weight excluding hydrogens is 306 g/mol. The van der Waals surface area contributed by atoms with Crippen molar-refractivity contribution in [3.8, 4) is 6.07 Å². The topological polar surface area (TPSA) is 89.3 Å². The van der Waals surface area contributed by atoms with Gasteiger partial charge < -0.3 is 10.2 Å². The van der Waals surface area contributed by atoms with Crippen molar-refractivity contribution in [2.24, 2.45) is 0 Å². The summed E-state index contributed by atoms with van der Waals surface area (Å²) in [4.78, 5) is 32.5. The summed E-state index contributed by atoms with van der Waals surface area (Å²) >= 11 is 0. The Morgan fingerprint density at radius 1 is 1.42 bits per heavy atom. The molecular formula is C17H23N5O2. The third-order valence-electron chi connectivity index (χ3n) is 4.38. The number of nitrogens with one attached hydrogen (secondary N) is 1. The minimum atomic E-state index is -0.235. The van der Waals surface area contributed by atoms with Crippen LogP contribution >= 0.6 is 0 Å². The number of likely N-dealkylation sites (N-methyl/N-ethyl adjacent to an activating group) is 2. The van der Waals surface area contributed by atoms with Gasteiger partial charge in [0, 0.05) is 31.9 Å². The molecule has 128 valence electrons. The lowest BCUT2D eigenvalue weighted by Crippen LogP contribution is -2.44. The van der Waals surface area contributed by atoms with Crippen molar-refractivity contribution in [3.63, 3.8) is 0 Å². The lowest BCUT2D eigenvalue weighted by molar-refractivity contribution is -0.135. The molecule has 2 amide bonds. The summed E-state index contributed by atoms with van der Waals surface area (Å²) in [6, 6.07) is 4.74. The third kappa shape index (κ3) is 3.89. The summed E-state index contributed by atoms with van der Waals surface area (Å²) in [7, 11) is 1.90. The molecule has 1 fully saturated rings. The van der Waals surface area contributed by atoms with Crippen LogP contribution in [0.4, 0.5) is 0 Å². The van der Waals surface area contributed by atoms with E-state index in [4.69, 9.17) is 5.26 Å². The first-order valence-electron chi connectivity index (χ1n) is 8.16. The first kappa shape index (κ1) is 17.9. The maximum atomic E-state index is 12.5. The second-order valence-corrected chi connectivity index (χ2v) is 5.92. The Balaban J connectivity index is 1.98. The average molecular weight is 329 g/mol. The van der Waals surface area contributed by atoms with Crippen molar-refractivity contribution in [2.75, 3.05) is 26.7 Å². The van der Waals surface area contributed by atoms with Crippen molar-refractivity contribution >= 4 is 11.8 Å². The minimum Gasteiger partial charge on any atom is -0.348 e. The molecule has 0 saturated carbocycles. The number of pyridine rings is 1. The molecule has 7 nitrogen and oxygen atoms in total. The number of nitrogens with zero attached hydrogens (tertiary/aromatic N) is 4. The zero-order chi connectivity index (χ0) is 17.7. The van der Waals surface area contributed by atoms with Gasteiger partial charge in [-0.2, -0.15) is 5.26 Å². The Labute approximate surface area is 142 Å². The molecule has 1 aliphatic heterocycles. The van der Waals surface area contributed by atoms with E-state index in [2.05, 4.69) is 10.3 Å². The van der Waals surface area contributed by atoms with Crippen LogP contribution in [0.15, 0.2) is 18.3 Å². The first-order chi connectivity index (χ1) is 11.5. The van der Waals surface area contributed by atoms with Crippen LogP contribution in [0.3, 0.4) is 0 Å². The van der Waals surface area contributed by atoms with E-state index < -0.39 is 0 Å². The van der Waals surface area contributed by atoms with Crippen molar-refractivity contribution in [2.45, 2.75) is 32.4 Å². The number of amides is 2. The standard InChI is InChI=1S/C17H23N5O2/c1-4-22(5-2)17(24)15-8-14(11-21(15)3)20-16(23)12-6-7-13(9-18)19-10-12/h6-7,10,14-15H,4-5,8,11H2,1-3H3,(H,20,23)/t14-,15+/m1/s1. The van der Waals surface area contributed by atoms with Crippen molar-refractivity contribution in [1.82, 2.24) is 20.1 Å². The second-order valence-electron chi connectivity index (χ2n) is 5.92. The van der Waals surface area contributed by atoms with Gasteiger partial charge in [0.25, 0.3) is 5.91 Å². The number of hydrogen-bond donors (Lipinski definition) is 1. The van der Waals surface area contributed by atoms with Crippen LogP contribution in [0.25, 0.3) is 0 Å².